The Hall–Kier alpha value is -5.31. The quantitative estimate of drug-likeness (QED) is 0.0367. The Labute approximate surface area is 356 Å². The van der Waals surface area contributed by atoms with Crippen LogP contribution in [0, 0.1) is 0 Å². The molecule has 0 aromatic heterocycles. The van der Waals surface area contributed by atoms with Gasteiger partial charge in [0.15, 0.2) is 29.7 Å². The molecule has 3 aromatic carbocycles. The molecule has 4 aliphatic heterocycles. The molecule has 7 rings (SSSR count). The van der Waals surface area contributed by atoms with Crippen molar-refractivity contribution in [2.24, 2.45) is 0 Å². The van der Waals surface area contributed by atoms with E-state index < -0.39 is 135 Å². The molecule has 14 N–H and O–H groups in total. The molecule has 15 atom stereocenters. The van der Waals surface area contributed by atoms with Crippen LogP contribution in [0.2, 0.25) is 0 Å². The van der Waals surface area contributed by atoms with E-state index in [2.05, 4.69) is 4.74 Å². The van der Waals surface area contributed by atoms with E-state index in [1.54, 1.807) is 0 Å². The number of hydrogen-bond acceptors (Lipinski definition) is 21. The van der Waals surface area contributed by atoms with Crippen LogP contribution in [0.25, 0.3) is 12.2 Å². The standard InChI is InChI=1S/C41H46O22/c42-13-26-30(49)33(52)36(55)39(60-26)58-24-11-19(45)10-23-20(24)12-25(37(57-23)17-4-7-21(46)22(47)9-17)59-41-38(63-40-35(54)31(50)27(14-43)61-40)34(53)32(51)28(62-41)15-56-29(48)8-3-16-1-5-18(44)6-2-16/h1-12,26-28,30-47,49-55H,13-15H2/p+1. The molecule has 0 saturated carbocycles. The molecule has 0 aliphatic carbocycles. The lowest BCUT2D eigenvalue weighted by atomic mass is 9.98. The number of aliphatic hydroxyl groups is 10. The van der Waals surface area contributed by atoms with E-state index in [4.69, 9.17) is 33.2 Å². The smallest absolute Gasteiger partial charge is 0.330 e. The molecule has 3 fully saturated rings. The van der Waals surface area contributed by atoms with E-state index in [0.717, 1.165) is 24.3 Å². The summed E-state index contributed by atoms with van der Waals surface area (Å²) in [4.78, 5) is 12.7. The fourth-order valence-corrected chi connectivity index (χ4v) is 7.22. The van der Waals surface area contributed by atoms with Crippen LogP contribution in [0.15, 0.2) is 66.4 Å². The molecular weight excluding hydrogens is 844 g/mol. The first kappa shape index (κ1) is 45.7. The van der Waals surface area contributed by atoms with Crippen LogP contribution in [0.5, 0.6) is 34.5 Å². The summed E-state index contributed by atoms with van der Waals surface area (Å²) in [6, 6.07) is 11.8. The minimum Gasteiger partial charge on any atom is -0.571 e. The highest BCUT2D eigenvalue weighted by molar-refractivity contribution is 5.87. The summed E-state index contributed by atoms with van der Waals surface area (Å²) in [6.07, 6.45) is -21.6. The minimum absolute atomic E-state index is 0.00369. The highest BCUT2D eigenvalue weighted by Gasteiger charge is 2.53. The second kappa shape index (κ2) is 19.2. The van der Waals surface area contributed by atoms with Crippen LogP contribution < -0.4 is 4.74 Å². The molecule has 342 valence electrons. The number of benzene rings is 3. The van der Waals surface area contributed by atoms with Gasteiger partial charge in [0.05, 0.1) is 24.8 Å². The molecular formula is C41H47O22+. The number of ether oxygens (including phenoxy) is 8. The number of rotatable bonds is 13. The van der Waals surface area contributed by atoms with Crippen molar-refractivity contribution in [3.05, 3.63) is 83.1 Å². The minimum atomic E-state index is -1.98. The van der Waals surface area contributed by atoms with Crippen LogP contribution in [-0.4, -0.2) is 183 Å². The highest BCUT2D eigenvalue weighted by atomic mass is 16.8. The Morgan fingerprint density at radius 3 is 1.97 bits per heavy atom. The second-order valence-electron chi connectivity index (χ2n) is 15.0. The third-order valence-electron chi connectivity index (χ3n) is 10.7. The van der Waals surface area contributed by atoms with Crippen molar-refractivity contribution >= 4 is 18.1 Å². The lowest BCUT2D eigenvalue weighted by molar-refractivity contribution is -0.333. The predicted molar refractivity (Wildman–Crippen MR) is 207 cm³/mol. The van der Waals surface area contributed by atoms with Gasteiger partial charge in [-0.1, -0.05) is 12.1 Å². The molecule has 4 aliphatic rings. The van der Waals surface area contributed by atoms with E-state index in [9.17, 15) is 71.2 Å². The molecule has 4 heterocycles. The number of esters is 1. The average Bonchev–Trinajstić information content (AvgIpc) is 3.54. The zero-order valence-electron chi connectivity index (χ0n) is 32.7. The number of carbonyl (C=O) groups excluding carboxylic acids is 1. The van der Waals surface area contributed by atoms with Gasteiger partial charge in [0.2, 0.25) is 12.6 Å². The fraction of sp³-hybridized carbons (Fsp3) is 0.439. The van der Waals surface area contributed by atoms with Crippen LogP contribution >= 0.6 is 0 Å². The SMILES string of the molecule is O=C(C=Cc1ccc(O)cc1)OCC1OC(OC2=Cc3c(OC4OC(CO)C(O)C(O)C4O)cc(O)cc3[OH+]C2c2ccc(O)c(O)c2)C(OC2OC(CO)C(O)C2O)C(O)C1O. The topological polar surface area (TPSA) is 357 Å². The first-order valence-corrected chi connectivity index (χ1v) is 19.4. The van der Waals surface area contributed by atoms with Crippen molar-refractivity contribution in [2.45, 2.75) is 92.1 Å². The van der Waals surface area contributed by atoms with Gasteiger partial charge in [0, 0.05) is 18.2 Å². The predicted octanol–water partition coefficient (Wildman–Crippen LogP) is -2.43. The van der Waals surface area contributed by atoms with Gasteiger partial charge >= 0.3 is 5.97 Å². The Morgan fingerprint density at radius 1 is 0.651 bits per heavy atom. The van der Waals surface area contributed by atoms with E-state index in [1.165, 1.54) is 48.6 Å². The monoisotopic (exact) mass is 891 g/mol. The van der Waals surface area contributed by atoms with Gasteiger partial charge in [-0.25, -0.2) is 4.79 Å². The first-order chi connectivity index (χ1) is 30.1. The second-order valence-corrected chi connectivity index (χ2v) is 15.0. The summed E-state index contributed by atoms with van der Waals surface area (Å²) < 4.78 is 45.2. The number of hydrogen-bond donors (Lipinski definition) is 13. The van der Waals surface area contributed by atoms with Crippen LogP contribution in [-0.2, 0) is 33.2 Å². The Kier molecular flexibility index (Phi) is 13.9. The van der Waals surface area contributed by atoms with E-state index in [-0.39, 0.29) is 34.1 Å². The zero-order chi connectivity index (χ0) is 45.3. The molecule has 3 aromatic rings. The van der Waals surface area contributed by atoms with E-state index in [1.807, 2.05) is 0 Å². The van der Waals surface area contributed by atoms with Gasteiger partial charge < -0.3 is 104 Å². The number of fused-ring (bicyclic) bond motifs is 1. The van der Waals surface area contributed by atoms with Gasteiger partial charge in [-0.3, -0.25) is 0 Å². The van der Waals surface area contributed by atoms with Gasteiger partial charge in [-0.15, -0.1) is 0 Å². The van der Waals surface area contributed by atoms with Crippen molar-refractivity contribution in [3.63, 3.8) is 0 Å². The molecule has 15 unspecified atom stereocenters. The number of phenols is 4. The van der Waals surface area contributed by atoms with Crippen molar-refractivity contribution < 1.29 is 109 Å². The molecule has 0 radical (unpaired) electrons. The third-order valence-corrected chi connectivity index (χ3v) is 10.7. The van der Waals surface area contributed by atoms with Gasteiger partial charge in [-0.2, -0.15) is 0 Å². The lowest BCUT2D eigenvalue weighted by Crippen LogP contribution is -2.61. The summed E-state index contributed by atoms with van der Waals surface area (Å²) in [7, 11) is 0. The van der Waals surface area contributed by atoms with Gasteiger partial charge in [-0.05, 0) is 42.0 Å². The summed E-state index contributed by atoms with van der Waals surface area (Å²) >= 11 is 0. The summed E-state index contributed by atoms with van der Waals surface area (Å²) in [5.74, 6) is -2.85. The normalized spacial score (nSPS) is 34.2. The van der Waals surface area contributed by atoms with Crippen molar-refractivity contribution in [3.8, 4) is 34.5 Å². The molecule has 3 saturated heterocycles. The summed E-state index contributed by atoms with van der Waals surface area (Å²) in [5.41, 5.74) is 0.709. The first-order valence-electron chi connectivity index (χ1n) is 19.4. The highest BCUT2D eigenvalue weighted by Crippen LogP contribution is 2.47. The molecule has 0 bridgehead atoms. The zero-order valence-corrected chi connectivity index (χ0v) is 32.7. The molecule has 22 heteroatoms. The van der Waals surface area contributed by atoms with Crippen molar-refractivity contribution in [2.75, 3.05) is 19.8 Å². The maximum atomic E-state index is 12.7. The average molecular weight is 892 g/mol. The maximum absolute atomic E-state index is 12.7. The lowest BCUT2D eigenvalue weighted by Gasteiger charge is -2.43. The van der Waals surface area contributed by atoms with Crippen molar-refractivity contribution in [1.82, 2.24) is 0 Å². The fourth-order valence-electron chi connectivity index (χ4n) is 7.22. The van der Waals surface area contributed by atoms with Crippen LogP contribution in [0.4, 0.5) is 0 Å². The van der Waals surface area contributed by atoms with Crippen LogP contribution in [0.1, 0.15) is 22.8 Å². The molecule has 63 heavy (non-hydrogen) atoms. The Balaban J connectivity index is 1.23. The number of aliphatic hydroxyl groups excluding tert-OH is 9. The Morgan fingerprint density at radius 2 is 1.29 bits per heavy atom. The number of aromatic hydroxyl groups is 5. The number of phenolic OH excluding ortho intramolecular Hbond substituents is 4. The van der Waals surface area contributed by atoms with E-state index >= 15 is 0 Å². The Bertz CT molecular complexity index is 2130. The maximum Gasteiger partial charge on any atom is 0.330 e. The largest absolute Gasteiger partial charge is 0.571 e. The van der Waals surface area contributed by atoms with E-state index in [0.29, 0.717) is 5.56 Å². The molecule has 0 spiro atoms. The third kappa shape index (κ3) is 9.78. The molecule has 22 nitrogen and oxygen atoms in total. The van der Waals surface area contributed by atoms with Gasteiger partial charge in [0.1, 0.15) is 90.5 Å². The van der Waals surface area contributed by atoms with Gasteiger partial charge in [0.25, 0.3) is 11.9 Å². The van der Waals surface area contributed by atoms with Crippen molar-refractivity contribution in [1.29, 1.82) is 0 Å². The summed E-state index contributed by atoms with van der Waals surface area (Å²) in [5, 5.41) is 136. The number of carbonyl (C=O) groups is 1. The van der Waals surface area contributed by atoms with Crippen LogP contribution in [0.3, 0.4) is 0 Å². The summed E-state index contributed by atoms with van der Waals surface area (Å²) in [6.45, 7) is -2.20. The molecule has 0 amide bonds.